The Bertz CT molecular complexity index is 890. The summed E-state index contributed by atoms with van der Waals surface area (Å²) >= 11 is 0. The molecule has 0 spiro atoms. The van der Waals surface area contributed by atoms with E-state index in [1.807, 2.05) is 24.3 Å². The summed E-state index contributed by atoms with van der Waals surface area (Å²) in [5, 5.41) is 9.58. The van der Waals surface area contributed by atoms with Gasteiger partial charge in [-0.2, -0.15) is 0 Å². The summed E-state index contributed by atoms with van der Waals surface area (Å²) in [7, 11) is 1.45. The number of hydrogen-bond acceptors (Lipinski definition) is 5. The fraction of sp³-hybridized carbons (Fsp3) is 0.238. The van der Waals surface area contributed by atoms with E-state index in [0.29, 0.717) is 17.9 Å². The van der Waals surface area contributed by atoms with Gasteiger partial charge in [0, 0.05) is 18.3 Å². The molecule has 1 amide bonds. The van der Waals surface area contributed by atoms with Crippen LogP contribution in [0, 0.1) is 0 Å². The average molecular weight is 367 g/mol. The lowest BCUT2D eigenvalue weighted by atomic mass is 10.2. The van der Waals surface area contributed by atoms with Crippen LogP contribution in [0.2, 0.25) is 0 Å². The Hall–Kier alpha value is -3.28. The summed E-state index contributed by atoms with van der Waals surface area (Å²) in [5.41, 5.74) is 2.65. The molecule has 1 aliphatic rings. The van der Waals surface area contributed by atoms with Gasteiger partial charge < -0.3 is 19.5 Å². The fourth-order valence-corrected chi connectivity index (χ4v) is 3.01. The number of phenolic OH excluding ortho intramolecular Hbond substituents is 1. The second-order valence-electron chi connectivity index (χ2n) is 6.21. The number of fused-ring (bicyclic) bond motifs is 1. The van der Waals surface area contributed by atoms with Crippen LogP contribution in [0.4, 0.5) is 5.69 Å². The molecule has 0 bridgehead atoms. The summed E-state index contributed by atoms with van der Waals surface area (Å²) in [5.74, 6) is -0.535. The number of ether oxygens (including phenoxy) is 2. The van der Waals surface area contributed by atoms with Crippen molar-refractivity contribution in [3.05, 3.63) is 59.7 Å². The number of rotatable bonds is 5. The van der Waals surface area contributed by atoms with Gasteiger partial charge in [0.05, 0.1) is 7.11 Å². The van der Waals surface area contributed by atoms with Gasteiger partial charge in [0.25, 0.3) is 5.91 Å². The molecule has 0 unspecified atom stereocenters. The van der Waals surface area contributed by atoms with E-state index in [2.05, 4.69) is 0 Å². The number of para-hydroxylation sites is 1. The molecule has 1 atom stereocenters. The molecular formula is C21H21NO5. The van der Waals surface area contributed by atoms with Gasteiger partial charge in [-0.1, -0.05) is 24.3 Å². The van der Waals surface area contributed by atoms with Gasteiger partial charge in [-0.15, -0.1) is 0 Å². The first-order chi connectivity index (χ1) is 13.0. The molecule has 0 saturated carbocycles. The van der Waals surface area contributed by atoms with Gasteiger partial charge in [-0.3, -0.25) is 4.79 Å². The summed E-state index contributed by atoms with van der Waals surface area (Å²) < 4.78 is 10.3. The lowest BCUT2D eigenvalue weighted by Crippen LogP contribution is -2.38. The lowest BCUT2D eigenvalue weighted by molar-refractivity contribution is -0.149. The van der Waals surface area contributed by atoms with Crippen LogP contribution in [-0.4, -0.2) is 36.7 Å². The molecule has 1 aliphatic heterocycles. The number of esters is 1. The van der Waals surface area contributed by atoms with Crippen LogP contribution in [0.5, 0.6) is 11.5 Å². The second kappa shape index (κ2) is 7.95. The Labute approximate surface area is 157 Å². The largest absolute Gasteiger partial charge is 0.504 e. The van der Waals surface area contributed by atoms with Crippen molar-refractivity contribution in [1.29, 1.82) is 0 Å². The molecule has 0 aliphatic carbocycles. The lowest BCUT2D eigenvalue weighted by Gasteiger charge is -2.21. The number of benzene rings is 2. The van der Waals surface area contributed by atoms with E-state index in [1.165, 1.54) is 25.3 Å². The summed E-state index contributed by atoms with van der Waals surface area (Å²) in [6.45, 7) is 2.15. The van der Waals surface area contributed by atoms with Gasteiger partial charge in [0.2, 0.25) is 0 Å². The minimum Gasteiger partial charge on any atom is -0.504 e. The molecule has 1 heterocycles. The zero-order chi connectivity index (χ0) is 19.4. The molecule has 1 N–H and O–H groups in total. The number of amides is 1. The van der Waals surface area contributed by atoms with Crippen molar-refractivity contribution >= 4 is 23.6 Å². The number of aromatic hydroxyl groups is 1. The Morgan fingerprint density at radius 3 is 2.78 bits per heavy atom. The minimum atomic E-state index is -0.886. The number of carbonyl (C=O) groups is 2. The van der Waals surface area contributed by atoms with Crippen LogP contribution in [0.1, 0.15) is 18.1 Å². The van der Waals surface area contributed by atoms with Crippen LogP contribution >= 0.6 is 0 Å². The highest BCUT2D eigenvalue weighted by molar-refractivity contribution is 6.00. The van der Waals surface area contributed by atoms with E-state index < -0.39 is 12.1 Å². The third kappa shape index (κ3) is 4.11. The monoisotopic (exact) mass is 367 g/mol. The Balaban J connectivity index is 1.61. The molecule has 140 valence electrons. The smallest absolute Gasteiger partial charge is 0.331 e. The molecule has 3 rings (SSSR count). The highest BCUT2D eigenvalue weighted by Gasteiger charge is 2.29. The maximum atomic E-state index is 12.6. The van der Waals surface area contributed by atoms with Gasteiger partial charge in [0.1, 0.15) is 0 Å². The van der Waals surface area contributed by atoms with Crippen molar-refractivity contribution in [1.82, 2.24) is 0 Å². The average Bonchev–Trinajstić information content (AvgIpc) is 3.10. The number of carbonyl (C=O) groups excluding carboxylic acids is 2. The molecule has 0 aromatic heterocycles. The topological polar surface area (TPSA) is 76.1 Å². The summed E-state index contributed by atoms with van der Waals surface area (Å²) in [4.78, 5) is 26.3. The van der Waals surface area contributed by atoms with E-state index in [4.69, 9.17) is 9.47 Å². The van der Waals surface area contributed by atoms with Gasteiger partial charge >= 0.3 is 5.97 Å². The summed E-state index contributed by atoms with van der Waals surface area (Å²) in [6, 6.07) is 12.4. The number of anilines is 1. The van der Waals surface area contributed by atoms with E-state index >= 15 is 0 Å². The first-order valence-corrected chi connectivity index (χ1v) is 8.64. The maximum absolute atomic E-state index is 12.6. The van der Waals surface area contributed by atoms with Crippen LogP contribution in [0.25, 0.3) is 6.08 Å². The Morgan fingerprint density at radius 1 is 1.22 bits per heavy atom. The van der Waals surface area contributed by atoms with Crippen molar-refractivity contribution in [2.45, 2.75) is 19.4 Å². The number of phenols is 1. The predicted octanol–water partition coefficient (Wildman–Crippen LogP) is 2.94. The molecule has 27 heavy (non-hydrogen) atoms. The Morgan fingerprint density at radius 2 is 2.00 bits per heavy atom. The standard InChI is InChI=1S/C21H21NO5/c1-14(21(25)22-12-11-16-5-3-4-6-17(16)22)27-20(24)10-8-15-7-9-18(23)19(13-15)26-2/h3-10,13-14,23H,11-12H2,1-2H3/b10-8+/t14-/m1/s1. The molecular weight excluding hydrogens is 346 g/mol. The van der Waals surface area contributed by atoms with Gasteiger partial charge in [-0.05, 0) is 48.7 Å². The molecule has 6 heteroatoms. The highest BCUT2D eigenvalue weighted by atomic mass is 16.5. The zero-order valence-corrected chi connectivity index (χ0v) is 15.2. The minimum absolute atomic E-state index is 0.0161. The van der Waals surface area contributed by atoms with Crippen LogP contribution in [0.15, 0.2) is 48.5 Å². The third-order valence-electron chi connectivity index (χ3n) is 4.41. The van der Waals surface area contributed by atoms with Crippen LogP contribution in [0.3, 0.4) is 0 Å². The molecule has 6 nitrogen and oxygen atoms in total. The first-order valence-electron chi connectivity index (χ1n) is 8.64. The molecule has 0 radical (unpaired) electrons. The Kier molecular flexibility index (Phi) is 5.45. The molecule has 0 fully saturated rings. The maximum Gasteiger partial charge on any atom is 0.331 e. The fourth-order valence-electron chi connectivity index (χ4n) is 3.01. The summed E-state index contributed by atoms with van der Waals surface area (Å²) in [6.07, 6.45) is 2.69. The van der Waals surface area contributed by atoms with Crippen molar-refractivity contribution < 1.29 is 24.2 Å². The van der Waals surface area contributed by atoms with Crippen molar-refractivity contribution in [3.8, 4) is 11.5 Å². The highest BCUT2D eigenvalue weighted by Crippen LogP contribution is 2.28. The number of methoxy groups -OCH3 is 1. The SMILES string of the molecule is COc1cc(/C=C/C(=O)O[C@H](C)C(=O)N2CCc3ccccc32)ccc1O. The van der Waals surface area contributed by atoms with E-state index in [-0.39, 0.29) is 11.7 Å². The second-order valence-corrected chi connectivity index (χ2v) is 6.21. The van der Waals surface area contributed by atoms with Gasteiger partial charge in [0.15, 0.2) is 17.6 Å². The first kappa shape index (κ1) is 18.5. The van der Waals surface area contributed by atoms with Crippen molar-refractivity contribution in [2.75, 3.05) is 18.6 Å². The quantitative estimate of drug-likeness (QED) is 0.650. The van der Waals surface area contributed by atoms with Crippen LogP contribution < -0.4 is 9.64 Å². The molecule has 0 saturated heterocycles. The zero-order valence-electron chi connectivity index (χ0n) is 15.2. The van der Waals surface area contributed by atoms with Crippen LogP contribution in [-0.2, 0) is 20.7 Å². The van der Waals surface area contributed by atoms with E-state index in [9.17, 15) is 14.7 Å². The van der Waals surface area contributed by atoms with Crippen molar-refractivity contribution in [3.63, 3.8) is 0 Å². The van der Waals surface area contributed by atoms with Crippen molar-refractivity contribution in [2.24, 2.45) is 0 Å². The number of hydrogen-bond donors (Lipinski definition) is 1. The molecule has 2 aromatic carbocycles. The van der Waals surface area contributed by atoms with E-state index in [0.717, 1.165) is 17.7 Å². The van der Waals surface area contributed by atoms with Gasteiger partial charge in [-0.25, -0.2) is 4.79 Å². The predicted molar refractivity (Wildman–Crippen MR) is 102 cm³/mol. The normalized spacial score (nSPS) is 14.1. The molecule has 2 aromatic rings. The third-order valence-corrected chi connectivity index (χ3v) is 4.41. The number of nitrogens with zero attached hydrogens (tertiary/aromatic N) is 1. The van der Waals surface area contributed by atoms with E-state index in [1.54, 1.807) is 24.0 Å².